The smallest absolute Gasteiger partial charge is 0.236 e. The predicted molar refractivity (Wildman–Crippen MR) is 135 cm³/mol. The quantitative estimate of drug-likeness (QED) is 0.402. The molecule has 1 unspecified atom stereocenters. The number of nitrogens with zero attached hydrogens (tertiary/aromatic N) is 6. The van der Waals surface area contributed by atoms with E-state index in [1.807, 2.05) is 6.07 Å². The normalized spacial score (nSPS) is 21.3. The minimum Gasteiger partial charge on any atom is -0.251 e. The summed E-state index contributed by atoms with van der Waals surface area (Å²) in [5.74, 6) is -0.931. The molecule has 4 aromatic rings. The molecule has 2 atom stereocenters. The molecule has 3 heterocycles. The highest BCUT2D eigenvalue weighted by molar-refractivity contribution is 7.91. The van der Waals surface area contributed by atoms with Crippen molar-refractivity contribution >= 4 is 16.0 Å². The Bertz CT molecular complexity index is 1680. The summed E-state index contributed by atoms with van der Waals surface area (Å²) in [5, 5.41) is 8.83. The lowest BCUT2D eigenvalue weighted by Crippen LogP contribution is -2.38. The van der Waals surface area contributed by atoms with E-state index < -0.39 is 27.1 Å². The molecule has 6 rings (SSSR count). The van der Waals surface area contributed by atoms with Gasteiger partial charge in [0, 0.05) is 18.6 Å². The summed E-state index contributed by atoms with van der Waals surface area (Å²) in [6.07, 6.45) is 7.23. The Labute approximate surface area is 217 Å². The standard InChI is InChI=1S/C26H23F2N7O2S/c1-25(2)16-7-9-26(25,22-15(16)11-19(33-34-22)21-17(27)5-4-6-18(21)28)20-8-10-29-23(32-20)14-12-30-24(31-13-14)35-38(3,36)37/h4-6,8,10-13,16H,7,9H2,1-3H3,(H,30,31,35)/t16-,26?/m0/s1. The second-order valence-corrected chi connectivity index (χ2v) is 12.0. The van der Waals surface area contributed by atoms with Crippen molar-refractivity contribution in [1.82, 2.24) is 30.1 Å². The molecular weight excluding hydrogens is 512 g/mol. The maximum Gasteiger partial charge on any atom is 0.236 e. The third kappa shape index (κ3) is 3.57. The van der Waals surface area contributed by atoms with E-state index >= 15 is 0 Å². The van der Waals surface area contributed by atoms with Crippen LogP contribution in [0.2, 0.25) is 0 Å². The van der Waals surface area contributed by atoms with Crippen LogP contribution in [-0.2, 0) is 15.4 Å². The van der Waals surface area contributed by atoms with Gasteiger partial charge in [0.25, 0.3) is 0 Å². The van der Waals surface area contributed by atoms with Gasteiger partial charge in [0.05, 0.1) is 39.9 Å². The third-order valence-electron chi connectivity index (χ3n) is 7.88. The molecule has 1 saturated carbocycles. The van der Waals surface area contributed by atoms with Crippen molar-refractivity contribution < 1.29 is 17.2 Å². The number of aromatic nitrogens is 6. The zero-order valence-corrected chi connectivity index (χ0v) is 21.6. The number of rotatable bonds is 5. The molecule has 1 N–H and O–H groups in total. The van der Waals surface area contributed by atoms with Crippen LogP contribution in [0.3, 0.4) is 0 Å². The van der Waals surface area contributed by atoms with Crippen LogP contribution in [-0.4, -0.2) is 44.8 Å². The van der Waals surface area contributed by atoms with Crippen molar-refractivity contribution in [1.29, 1.82) is 0 Å². The van der Waals surface area contributed by atoms with Crippen molar-refractivity contribution in [3.63, 3.8) is 0 Å². The van der Waals surface area contributed by atoms with Crippen molar-refractivity contribution in [2.75, 3.05) is 11.0 Å². The first kappa shape index (κ1) is 24.4. The summed E-state index contributed by atoms with van der Waals surface area (Å²) in [6.45, 7) is 4.32. The van der Waals surface area contributed by atoms with E-state index in [1.165, 1.54) is 30.6 Å². The molecule has 1 fully saturated rings. The van der Waals surface area contributed by atoms with Gasteiger partial charge in [0.15, 0.2) is 5.82 Å². The monoisotopic (exact) mass is 535 g/mol. The molecule has 2 bridgehead atoms. The van der Waals surface area contributed by atoms with Crippen molar-refractivity contribution in [3.05, 3.63) is 77.5 Å². The van der Waals surface area contributed by atoms with Crippen LogP contribution < -0.4 is 4.72 Å². The van der Waals surface area contributed by atoms with E-state index in [0.29, 0.717) is 11.4 Å². The Morgan fingerprint density at radius 1 is 1.03 bits per heavy atom. The number of sulfonamides is 1. The van der Waals surface area contributed by atoms with Gasteiger partial charge in [-0.25, -0.2) is 37.1 Å². The average Bonchev–Trinajstić information content (AvgIpc) is 3.24. The minimum absolute atomic E-state index is 0.0483. The van der Waals surface area contributed by atoms with Gasteiger partial charge in [-0.1, -0.05) is 19.9 Å². The molecule has 2 aliphatic rings. The zero-order chi connectivity index (χ0) is 26.9. The maximum absolute atomic E-state index is 14.5. The summed E-state index contributed by atoms with van der Waals surface area (Å²) in [7, 11) is -3.51. The fourth-order valence-electron chi connectivity index (χ4n) is 6.15. The van der Waals surface area contributed by atoms with E-state index in [-0.39, 0.29) is 28.5 Å². The average molecular weight is 536 g/mol. The molecule has 0 amide bonds. The Hall–Kier alpha value is -3.93. The Kier molecular flexibility index (Phi) is 5.32. The van der Waals surface area contributed by atoms with Gasteiger partial charge in [0.1, 0.15) is 11.6 Å². The number of hydrogen-bond acceptors (Lipinski definition) is 8. The molecule has 0 radical (unpaired) electrons. The van der Waals surface area contributed by atoms with Crippen LogP contribution in [0.15, 0.2) is 48.9 Å². The lowest BCUT2D eigenvalue weighted by molar-refractivity contribution is 0.243. The fourth-order valence-corrected chi connectivity index (χ4v) is 6.59. The molecule has 1 aromatic carbocycles. The minimum atomic E-state index is -3.51. The molecule has 0 saturated heterocycles. The number of nitrogens with one attached hydrogen (secondary N) is 1. The first-order valence-corrected chi connectivity index (χ1v) is 13.9. The summed E-state index contributed by atoms with van der Waals surface area (Å²) in [6, 6.07) is 7.36. The number of benzene rings is 1. The van der Waals surface area contributed by atoms with Crippen LogP contribution in [0.1, 0.15) is 49.6 Å². The van der Waals surface area contributed by atoms with E-state index in [1.54, 1.807) is 12.3 Å². The van der Waals surface area contributed by atoms with Gasteiger partial charge < -0.3 is 0 Å². The highest BCUT2D eigenvalue weighted by Gasteiger charge is 2.65. The lowest BCUT2D eigenvalue weighted by Gasteiger charge is -2.37. The Morgan fingerprint density at radius 2 is 1.74 bits per heavy atom. The lowest BCUT2D eigenvalue weighted by atomic mass is 9.66. The molecule has 194 valence electrons. The van der Waals surface area contributed by atoms with Gasteiger partial charge >= 0.3 is 0 Å². The van der Waals surface area contributed by atoms with Crippen LogP contribution in [0.25, 0.3) is 22.6 Å². The zero-order valence-electron chi connectivity index (χ0n) is 20.8. The van der Waals surface area contributed by atoms with E-state index in [0.717, 1.165) is 36.0 Å². The van der Waals surface area contributed by atoms with Crippen molar-refractivity contribution in [2.24, 2.45) is 5.41 Å². The third-order valence-corrected chi connectivity index (χ3v) is 8.43. The first-order chi connectivity index (χ1) is 18.0. The molecule has 38 heavy (non-hydrogen) atoms. The molecule has 3 aromatic heterocycles. The van der Waals surface area contributed by atoms with Gasteiger partial charge in [-0.2, -0.15) is 5.10 Å². The van der Waals surface area contributed by atoms with Gasteiger partial charge in [0.2, 0.25) is 16.0 Å². The van der Waals surface area contributed by atoms with Gasteiger partial charge in [-0.3, -0.25) is 4.72 Å². The van der Waals surface area contributed by atoms with Crippen molar-refractivity contribution in [2.45, 2.75) is 38.0 Å². The largest absolute Gasteiger partial charge is 0.251 e. The SMILES string of the molecule is CC1(C)[C@H]2CCC1(c1ccnc(-c3cnc(NS(C)(=O)=O)nc3)n1)c1nnc(-c3c(F)cccc3F)cc12. The molecule has 12 heteroatoms. The molecule has 2 aliphatic carbocycles. The van der Waals surface area contributed by atoms with E-state index in [9.17, 15) is 17.2 Å². The first-order valence-electron chi connectivity index (χ1n) is 12.0. The molecular formula is C26H23F2N7O2S. The van der Waals surface area contributed by atoms with Crippen molar-refractivity contribution in [3.8, 4) is 22.6 Å². The van der Waals surface area contributed by atoms with E-state index in [2.05, 4.69) is 43.7 Å². The van der Waals surface area contributed by atoms with Crippen LogP contribution in [0, 0.1) is 17.0 Å². The number of anilines is 1. The van der Waals surface area contributed by atoms with Gasteiger partial charge in [-0.05, 0) is 54.0 Å². The van der Waals surface area contributed by atoms with Gasteiger partial charge in [-0.15, -0.1) is 5.10 Å². The summed E-state index contributed by atoms with van der Waals surface area (Å²) in [4.78, 5) is 17.4. The summed E-state index contributed by atoms with van der Waals surface area (Å²) < 4.78 is 54.2. The molecule has 0 aliphatic heterocycles. The van der Waals surface area contributed by atoms with Crippen LogP contribution >= 0.6 is 0 Å². The number of halogens is 2. The topological polar surface area (TPSA) is 124 Å². The second kappa shape index (κ2) is 8.29. The van der Waals surface area contributed by atoms with Crippen LogP contribution in [0.4, 0.5) is 14.7 Å². The summed E-state index contributed by atoms with van der Waals surface area (Å²) in [5.41, 5.74) is 2.05. The molecule has 0 spiro atoms. The fraction of sp³-hybridized carbons (Fsp3) is 0.308. The second-order valence-electron chi connectivity index (χ2n) is 10.3. The van der Waals surface area contributed by atoms with Crippen LogP contribution in [0.5, 0.6) is 0 Å². The molecule has 9 nitrogen and oxygen atoms in total. The number of hydrogen-bond donors (Lipinski definition) is 1. The summed E-state index contributed by atoms with van der Waals surface area (Å²) >= 11 is 0. The van der Waals surface area contributed by atoms with E-state index in [4.69, 9.17) is 4.98 Å². The predicted octanol–water partition coefficient (Wildman–Crippen LogP) is 4.24. The maximum atomic E-state index is 14.5. The number of fused-ring (bicyclic) bond motifs is 5. The Balaban J connectivity index is 1.43. The highest BCUT2D eigenvalue weighted by Crippen LogP contribution is 2.69. The Morgan fingerprint density at radius 3 is 2.42 bits per heavy atom. The highest BCUT2D eigenvalue weighted by atomic mass is 32.2.